The van der Waals surface area contributed by atoms with Gasteiger partial charge < -0.3 is 14.0 Å². The summed E-state index contributed by atoms with van der Waals surface area (Å²) < 4.78 is 13.8. The van der Waals surface area contributed by atoms with Gasteiger partial charge in [0.2, 0.25) is 0 Å². The minimum absolute atomic E-state index is 0.0521. The Morgan fingerprint density at radius 1 is 1.19 bits per heavy atom. The monoisotopic (exact) mass is 440 g/mol. The number of rotatable bonds is 9. The molecule has 1 saturated heterocycles. The number of nitrogens with zero attached hydrogens (tertiary/aromatic N) is 2. The Hall–Kier alpha value is -1.85. The molecule has 0 radical (unpaired) electrons. The van der Waals surface area contributed by atoms with Crippen LogP contribution in [0.5, 0.6) is 0 Å². The molecule has 0 spiro atoms. The van der Waals surface area contributed by atoms with Crippen LogP contribution in [0, 0.1) is 5.92 Å². The van der Waals surface area contributed by atoms with E-state index in [1.807, 2.05) is 6.92 Å². The molecule has 5 heteroatoms. The SMILES string of the molecule is CCCOC(C)COC(=O)[C@@H]1C[C@@H]2c3cccc4c3c(cn4C(C)C)C[C@H]2N(CCC)C1. The van der Waals surface area contributed by atoms with Crippen LogP contribution in [0.2, 0.25) is 0 Å². The van der Waals surface area contributed by atoms with Crippen LogP contribution in [-0.2, 0) is 20.7 Å². The lowest BCUT2D eigenvalue weighted by Gasteiger charge is -2.46. The first-order valence-corrected chi connectivity index (χ1v) is 12.6. The van der Waals surface area contributed by atoms with Gasteiger partial charge in [0.15, 0.2) is 0 Å². The second-order valence-corrected chi connectivity index (χ2v) is 10.0. The van der Waals surface area contributed by atoms with Crippen molar-refractivity contribution in [3.8, 4) is 0 Å². The van der Waals surface area contributed by atoms with Crippen LogP contribution >= 0.6 is 0 Å². The Labute approximate surface area is 193 Å². The van der Waals surface area contributed by atoms with Gasteiger partial charge in [-0.3, -0.25) is 9.69 Å². The fourth-order valence-electron chi connectivity index (χ4n) is 5.76. The summed E-state index contributed by atoms with van der Waals surface area (Å²) in [5, 5.41) is 1.43. The van der Waals surface area contributed by atoms with Crippen molar-refractivity contribution in [1.29, 1.82) is 0 Å². The Kier molecular flexibility index (Phi) is 7.26. The van der Waals surface area contributed by atoms with Crippen LogP contribution in [0.4, 0.5) is 0 Å². The third kappa shape index (κ3) is 4.47. The molecule has 1 fully saturated rings. The van der Waals surface area contributed by atoms with E-state index in [4.69, 9.17) is 9.47 Å². The second kappa shape index (κ2) is 9.96. The van der Waals surface area contributed by atoms with E-state index in [0.717, 1.165) is 38.8 Å². The fraction of sp³-hybridized carbons (Fsp3) is 0.667. The summed E-state index contributed by atoms with van der Waals surface area (Å²) in [4.78, 5) is 15.6. The smallest absolute Gasteiger partial charge is 0.310 e. The number of carbonyl (C=O) groups excluding carboxylic acids is 1. The highest BCUT2D eigenvalue weighted by atomic mass is 16.6. The molecule has 0 saturated carbocycles. The molecule has 176 valence electrons. The van der Waals surface area contributed by atoms with Crippen LogP contribution in [0.1, 0.15) is 77.0 Å². The van der Waals surface area contributed by atoms with Gasteiger partial charge in [0.1, 0.15) is 6.61 Å². The van der Waals surface area contributed by atoms with E-state index in [1.165, 1.54) is 22.0 Å². The van der Waals surface area contributed by atoms with Crippen molar-refractivity contribution < 1.29 is 14.3 Å². The van der Waals surface area contributed by atoms with E-state index >= 15 is 0 Å². The van der Waals surface area contributed by atoms with Crippen LogP contribution in [0.15, 0.2) is 24.4 Å². The van der Waals surface area contributed by atoms with Gasteiger partial charge in [-0.15, -0.1) is 0 Å². The van der Waals surface area contributed by atoms with E-state index in [0.29, 0.717) is 31.2 Å². The number of carbonyl (C=O) groups is 1. The Morgan fingerprint density at radius 3 is 2.72 bits per heavy atom. The largest absolute Gasteiger partial charge is 0.463 e. The van der Waals surface area contributed by atoms with E-state index in [1.54, 1.807) is 0 Å². The Balaban J connectivity index is 1.58. The summed E-state index contributed by atoms with van der Waals surface area (Å²) >= 11 is 0. The molecule has 2 heterocycles. The van der Waals surface area contributed by atoms with Crippen molar-refractivity contribution >= 4 is 16.9 Å². The molecular formula is C27H40N2O3. The zero-order chi connectivity index (χ0) is 22.8. The molecular weight excluding hydrogens is 400 g/mol. The summed E-state index contributed by atoms with van der Waals surface area (Å²) in [5.74, 6) is 0.236. The molecule has 1 aromatic heterocycles. The molecule has 4 rings (SSSR count). The van der Waals surface area contributed by atoms with Crippen LogP contribution in [-0.4, -0.2) is 53.9 Å². The average molecular weight is 441 g/mol. The molecule has 4 atom stereocenters. The molecule has 2 aromatic rings. The predicted molar refractivity (Wildman–Crippen MR) is 129 cm³/mol. The molecule has 2 aliphatic rings. The molecule has 1 aromatic carbocycles. The first-order valence-electron chi connectivity index (χ1n) is 12.6. The summed E-state index contributed by atoms with van der Waals surface area (Å²) in [5.41, 5.74) is 4.22. The predicted octanol–water partition coefficient (Wildman–Crippen LogP) is 5.32. The molecule has 0 bridgehead atoms. The summed E-state index contributed by atoms with van der Waals surface area (Å²) in [6.07, 6.45) is 6.33. The lowest BCUT2D eigenvalue weighted by Crippen LogP contribution is -2.52. The van der Waals surface area contributed by atoms with Gasteiger partial charge in [-0.05, 0) is 70.2 Å². The first kappa shape index (κ1) is 23.3. The first-order chi connectivity index (χ1) is 15.4. The van der Waals surface area contributed by atoms with Gasteiger partial charge in [-0.2, -0.15) is 0 Å². The number of likely N-dealkylation sites (tertiary alicyclic amines) is 1. The Morgan fingerprint density at radius 2 is 2.00 bits per heavy atom. The fourth-order valence-corrected chi connectivity index (χ4v) is 5.76. The summed E-state index contributed by atoms with van der Waals surface area (Å²) in [6.45, 7) is 13.7. The number of benzene rings is 1. The van der Waals surface area contributed by atoms with Crippen molar-refractivity contribution in [3.05, 3.63) is 35.5 Å². The third-order valence-electron chi connectivity index (χ3n) is 7.19. The normalized spacial score (nSPS) is 24.0. The third-order valence-corrected chi connectivity index (χ3v) is 7.19. The molecule has 0 amide bonds. The second-order valence-electron chi connectivity index (χ2n) is 10.0. The van der Waals surface area contributed by atoms with E-state index < -0.39 is 0 Å². The average Bonchev–Trinajstić information content (AvgIpc) is 3.16. The zero-order valence-electron chi connectivity index (χ0n) is 20.5. The minimum Gasteiger partial charge on any atom is -0.463 e. The van der Waals surface area contributed by atoms with E-state index in [2.05, 4.69) is 61.6 Å². The number of piperidine rings is 1. The molecule has 0 N–H and O–H groups in total. The van der Waals surface area contributed by atoms with Crippen molar-refractivity contribution in [2.45, 2.75) is 84.4 Å². The van der Waals surface area contributed by atoms with Gasteiger partial charge in [-0.1, -0.05) is 26.0 Å². The summed E-state index contributed by atoms with van der Waals surface area (Å²) in [6, 6.07) is 7.64. The minimum atomic E-state index is -0.0786. The molecule has 1 unspecified atom stereocenters. The quantitative estimate of drug-likeness (QED) is 0.495. The van der Waals surface area contributed by atoms with Crippen molar-refractivity contribution in [2.75, 3.05) is 26.3 Å². The number of hydrogen-bond donors (Lipinski definition) is 0. The van der Waals surface area contributed by atoms with Crippen molar-refractivity contribution in [2.24, 2.45) is 5.92 Å². The van der Waals surface area contributed by atoms with E-state index in [9.17, 15) is 4.79 Å². The lowest BCUT2D eigenvalue weighted by molar-refractivity contribution is -0.155. The van der Waals surface area contributed by atoms with Gasteiger partial charge in [-0.25, -0.2) is 0 Å². The number of hydrogen-bond acceptors (Lipinski definition) is 4. The standard InChI is InChI=1S/C27H40N2O3/c1-6-11-28-15-21(27(30)32-17-19(5)31-12-7-2)13-23-22-9-8-10-24-26(22)20(14-25(23)28)16-29(24)18(3)4/h8-10,16,18-19,21,23,25H,6-7,11-15,17H2,1-5H3/t19?,21-,23-,25-/m1/s1. The van der Waals surface area contributed by atoms with Gasteiger partial charge in [0.05, 0.1) is 12.0 Å². The molecule has 1 aliphatic carbocycles. The van der Waals surface area contributed by atoms with Crippen LogP contribution in [0.25, 0.3) is 10.9 Å². The zero-order valence-corrected chi connectivity index (χ0v) is 20.5. The van der Waals surface area contributed by atoms with E-state index in [-0.39, 0.29) is 18.0 Å². The Bertz CT molecular complexity index is 934. The molecule has 32 heavy (non-hydrogen) atoms. The number of aromatic nitrogens is 1. The van der Waals surface area contributed by atoms with Crippen molar-refractivity contribution in [3.63, 3.8) is 0 Å². The van der Waals surface area contributed by atoms with Gasteiger partial charge in [0.25, 0.3) is 0 Å². The van der Waals surface area contributed by atoms with Gasteiger partial charge in [0, 0.05) is 48.3 Å². The molecule has 5 nitrogen and oxygen atoms in total. The number of ether oxygens (including phenoxy) is 2. The maximum Gasteiger partial charge on any atom is 0.310 e. The maximum atomic E-state index is 13.1. The highest BCUT2D eigenvalue weighted by Gasteiger charge is 2.43. The highest BCUT2D eigenvalue weighted by Crippen LogP contribution is 2.46. The van der Waals surface area contributed by atoms with Gasteiger partial charge >= 0.3 is 5.97 Å². The molecule has 1 aliphatic heterocycles. The topological polar surface area (TPSA) is 43.7 Å². The van der Waals surface area contributed by atoms with Crippen molar-refractivity contribution in [1.82, 2.24) is 9.47 Å². The maximum absolute atomic E-state index is 13.1. The van der Waals surface area contributed by atoms with Crippen LogP contribution < -0.4 is 0 Å². The van der Waals surface area contributed by atoms with Crippen LogP contribution in [0.3, 0.4) is 0 Å². The lowest BCUT2D eigenvalue weighted by atomic mass is 9.72. The number of esters is 1. The highest BCUT2D eigenvalue weighted by molar-refractivity contribution is 5.89. The summed E-state index contributed by atoms with van der Waals surface area (Å²) in [7, 11) is 0. The number of fused-ring (bicyclic) bond motifs is 2.